The van der Waals surface area contributed by atoms with Gasteiger partial charge in [0.2, 0.25) is 0 Å². The van der Waals surface area contributed by atoms with Crippen LogP contribution < -0.4 is 10.2 Å². The van der Waals surface area contributed by atoms with Gasteiger partial charge in [0.1, 0.15) is 5.54 Å². The molecule has 0 unspecified atom stereocenters. The largest absolute Gasteiger partial charge is 0.378 e. The Labute approximate surface area is 126 Å². The van der Waals surface area contributed by atoms with Crippen molar-refractivity contribution in [3.8, 4) is 6.07 Å². The van der Waals surface area contributed by atoms with Crippen LogP contribution in [0.25, 0.3) is 0 Å². The monoisotopic (exact) mass is 285 g/mol. The van der Waals surface area contributed by atoms with Gasteiger partial charge in [-0.25, -0.2) is 0 Å². The van der Waals surface area contributed by atoms with E-state index < -0.39 is 5.54 Å². The zero-order valence-corrected chi connectivity index (χ0v) is 12.9. The van der Waals surface area contributed by atoms with E-state index in [0.717, 1.165) is 44.2 Å². The van der Waals surface area contributed by atoms with Gasteiger partial charge in [0.25, 0.3) is 5.91 Å². The summed E-state index contributed by atoms with van der Waals surface area (Å²) < 4.78 is 0. The van der Waals surface area contributed by atoms with Crippen molar-refractivity contribution in [1.82, 2.24) is 5.32 Å². The van der Waals surface area contributed by atoms with Gasteiger partial charge >= 0.3 is 0 Å². The highest BCUT2D eigenvalue weighted by atomic mass is 16.1. The van der Waals surface area contributed by atoms with Gasteiger partial charge in [0.05, 0.1) is 6.07 Å². The number of amides is 1. The van der Waals surface area contributed by atoms with Gasteiger partial charge in [-0.05, 0) is 37.1 Å². The molecule has 1 fully saturated rings. The lowest BCUT2D eigenvalue weighted by Gasteiger charge is -2.26. The molecule has 1 aromatic rings. The molecule has 112 valence electrons. The Kier molecular flexibility index (Phi) is 4.85. The predicted molar refractivity (Wildman–Crippen MR) is 84.3 cm³/mol. The molecule has 0 atom stereocenters. The Morgan fingerprint density at radius 2 is 1.71 bits per heavy atom. The average molecular weight is 285 g/mol. The molecule has 0 spiro atoms. The second-order valence-electron chi connectivity index (χ2n) is 6.00. The van der Waals surface area contributed by atoms with E-state index in [1.807, 2.05) is 43.3 Å². The lowest BCUT2D eigenvalue weighted by atomic mass is 9.91. The van der Waals surface area contributed by atoms with Crippen LogP contribution in [0.5, 0.6) is 0 Å². The predicted octanol–water partition coefficient (Wildman–Crippen LogP) is 3.10. The molecule has 0 saturated heterocycles. The van der Waals surface area contributed by atoms with E-state index >= 15 is 0 Å². The zero-order chi connectivity index (χ0) is 15.3. The van der Waals surface area contributed by atoms with Crippen molar-refractivity contribution in [3.63, 3.8) is 0 Å². The Balaban J connectivity index is 2.10. The van der Waals surface area contributed by atoms with Gasteiger partial charge in [-0.1, -0.05) is 25.7 Å². The Morgan fingerprint density at radius 3 is 2.19 bits per heavy atom. The third kappa shape index (κ3) is 3.75. The van der Waals surface area contributed by atoms with Crippen molar-refractivity contribution in [1.29, 1.82) is 5.26 Å². The van der Waals surface area contributed by atoms with Crippen LogP contribution in [0.4, 0.5) is 5.69 Å². The number of hydrogen-bond acceptors (Lipinski definition) is 3. The Morgan fingerprint density at radius 1 is 1.14 bits per heavy atom. The van der Waals surface area contributed by atoms with E-state index in [1.165, 1.54) is 0 Å². The van der Waals surface area contributed by atoms with Gasteiger partial charge in [0, 0.05) is 25.3 Å². The summed E-state index contributed by atoms with van der Waals surface area (Å²) in [6.45, 7) is 0. The van der Waals surface area contributed by atoms with Crippen LogP contribution in [0.1, 0.15) is 48.9 Å². The van der Waals surface area contributed by atoms with E-state index in [-0.39, 0.29) is 5.91 Å². The third-order valence-corrected chi connectivity index (χ3v) is 4.17. The summed E-state index contributed by atoms with van der Waals surface area (Å²) in [6.07, 6.45) is 5.82. The van der Waals surface area contributed by atoms with E-state index in [0.29, 0.717) is 5.56 Å². The fraction of sp³-hybridized carbons (Fsp3) is 0.529. The minimum absolute atomic E-state index is 0.149. The summed E-state index contributed by atoms with van der Waals surface area (Å²) >= 11 is 0. The second kappa shape index (κ2) is 6.62. The molecule has 1 aromatic carbocycles. The van der Waals surface area contributed by atoms with Crippen molar-refractivity contribution < 1.29 is 4.79 Å². The maximum Gasteiger partial charge on any atom is 0.252 e. The topological polar surface area (TPSA) is 56.1 Å². The number of carbonyl (C=O) groups is 1. The molecule has 0 radical (unpaired) electrons. The van der Waals surface area contributed by atoms with E-state index in [2.05, 4.69) is 11.4 Å². The molecule has 21 heavy (non-hydrogen) atoms. The first kappa shape index (κ1) is 15.4. The average Bonchev–Trinajstić information content (AvgIpc) is 2.73. The number of carbonyl (C=O) groups excluding carboxylic acids is 1. The molecular formula is C17H23N3O. The van der Waals surface area contributed by atoms with Crippen LogP contribution in [0.2, 0.25) is 0 Å². The molecule has 0 aromatic heterocycles. The first-order valence-corrected chi connectivity index (χ1v) is 7.57. The Bertz CT molecular complexity index is 520. The first-order valence-electron chi connectivity index (χ1n) is 7.57. The number of nitrogens with one attached hydrogen (secondary N) is 1. The quantitative estimate of drug-likeness (QED) is 0.868. The summed E-state index contributed by atoms with van der Waals surface area (Å²) in [5.74, 6) is -0.149. The minimum atomic E-state index is -0.687. The minimum Gasteiger partial charge on any atom is -0.378 e. The highest BCUT2D eigenvalue weighted by Gasteiger charge is 2.32. The molecule has 4 heteroatoms. The number of nitriles is 1. The van der Waals surface area contributed by atoms with E-state index in [9.17, 15) is 10.1 Å². The van der Waals surface area contributed by atoms with Crippen molar-refractivity contribution in [2.45, 2.75) is 44.1 Å². The lowest BCUT2D eigenvalue weighted by Crippen LogP contribution is -2.47. The fourth-order valence-corrected chi connectivity index (χ4v) is 2.80. The number of nitrogens with zero attached hydrogens (tertiary/aromatic N) is 2. The Hall–Kier alpha value is -2.02. The third-order valence-electron chi connectivity index (χ3n) is 4.17. The summed E-state index contributed by atoms with van der Waals surface area (Å²) in [5, 5.41) is 12.5. The van der Waals surface area contributed by atoms with Crippen LogP contribution >= 0.6 is 0 Å². The molecular weight excluding hydrogens is 262 g/mol. The summed E-state index contributed by atoms with van der Waals surface area (Å²) in [4.78, 5) is 14.4. The van der Waals surface area contributed by atoms with Crippen LogP contribution in [-0.4, -0.2) is 25.5 Å². The molecule has 4 nitrogen and oxygen atoms in total. The number of anilines is 1. The smallest absolute Gasteiger partial charge is 0.252 e. The molecule has 1 aliphatic rings. The molecule has 1 saturated carbocycles. The van der Waals surface area contributed by atoms with Crippen LogP contribution in [0, 0.1) is 11.3 Å². The lowest BCUT2D eigenvalue weighted by molar-refractivity contribution is 0.0913. The second-order valence-corrected chi connectivity index (χ2v) is 6.00. The van der Waals surface area contributed by atoms with Gasteiger partial charge in [-0.15, -0.1) is 0 Å². The highest BCUT2D eigenvalue weighted by molar-refractivity contribution is 5.95. The molecule has 1 N–H and O–H groups in total. The maximum absolute atomic E-state index is 12.4. The number of benzene rings is 1. The van der Waals surface area contributed by atoms with Crippen LogP contribution in [-0.2, 0) is 0 Å². The fourth-order valence-electron chi connectivity index (χ4n) is 2.80. The SMILES string of the molecule is CN(C)c1ccc(C(=O)NC2(C#N)CCCCCC2)cc1. The molecule has 0 heterocycles. The normalized spacial score (nSPS) is 17.4. The molecule has 1 aliphatic carbocycles. The van der Waals surface area contributed by atoms with Crippen LogP contribution in [0.3, 0.4) is 0 Å². The summed E-state index contributed by atoms with van der Waals surface area (Å²) in [5.41, 5.74) is 0.976. The van der Waals surface area contributed by atoms with Crippen molar-refractivity contribution in [2.75, 3.05) is 19.0 Å². The molecule has 0 aliphatic heterocycles. The maximum atomic E-state index is 12.4. The van der Waals surface area contributed by atoms with Crippen molar-refractivity contribution >= 4 is 11.6 Å². The van der Waals surface area contributed by atoms with E-state index in [1.54, 1.807) is 0 Å². The molecule has 2 rings (SSSR count). The number of hydrogen-bond donors (Lipinski definition) is 1. The standard InChI is InChI=1S/C17H23N3O/c1-20(2)15-9-7-14(8-10-15)16(21)19-17(13-18)11-5-3-4-6-12-17/h7-10H,3-6,11-12H2,1-2H3,(H,19,21). The van der Waals surface area contributed by atoms with Gasteiger partial charge < -0.3 is 10.2 Å². The number of rotatable bonds is 3. The highest BCUT2D eigenvalue weighted by Crippen LogP contribution is 2.27. The van der Waals surface area contributed by atoms with Crippen molar-refractivity contribution in [2.24, 2.45) is 0 Å². The zero-order valence-electron chi connectivity index (χ0n) is 12.9. The molecule has 0 bridgehead atoms. The van der Waals surface area contributed by atoms with Gasteiger partial charge in [-0.3, -0.25) is 4.79 Å². The van der Waals surface area contributed by atoms with Gasteiger partial charge in [-0.2, -0.15) is 5.26 Å². The summed E-state index contributed by atoms with van der Waals surface area (Å²) in [6, 6.07) is 9.81. The van der Waals surface area contributed by atoms with Gasteiger partial charge in [0.15, 0.2) is 0 Å². The molecule has 1 amide bonds. The van der Waals surface area contributed by atoms with E-state index in [4.69, 9.17) is 0 Å². The van der Waals surface area contributed by atoms with Crippen LogP contribution in [0.15, 0.2) is 24.3 Å². The van der Waals surface area contributed by atoms with Crippen molar-refractivity contribution in [3.05, 3.63) is 29.8 Å². The first-order chi connectivity index (χ1) is 10.1. The summed E-state index contributed by atoms with van der Waals surface area (Å²) in [7, 11) is 3.93.